The van der Waals surface area contributed by atoms with E-state index in [4.69, 9.17) is 4.98 Å². The summed E-state index contributed by atoms with van der Waals surface area (Å²) in [4.78, 5) is 25.4. The highest BCUT2D eigenvalue weighted by molar-refractivity contribution is 5.73. The minimum Gasteiger partial charge on any atom is -0.354 e. The minimum absolute atomic E-state index is 0.0605. The van der Waals surface area contributed by atoms with Gasteiger partial charge in [0.2, 0.25) is 5.91 Å². The van der Waals surface area contributed by atoms with Crippen molar-refractivity contribution < 1.29 is 22.7 Å². The predicted octanol–water partition coefficient (Wildman–Crippen LogP) is 4.45. The van der Waals surface area contributed by atoms with Gasteiger partial charge in [0.05, 0.1) is 6.61 Å². The third kappa shape index (κ3) is 8.87. The number of anilines is 1. The fourth-order valence-electron chi connectivity index (χ4n) is 5.19. The van der Waals surface area contributed by atoms with Crippen molar-refractivity contribution in [2.75, 3.05) is 37.7 Å². The molecule has 1 atom stereocenters. The molecule has 1 N–H and O–H groups in total. The van der Waals surface area contributed by atoms with E-state index in [2.05, 4.69) is 31.8 Å². The normalized spacial score (nSPS) is 24.1. The van der Waals surface area contributed by atoms with E-state index in [9.17, 15) is 18.0 Å². The summed E-state index contributed by atoms with van der Waals surface area (Å²) in [5.41, 5.74) is 0.248. The highest BCUT2D eigenvalue weighted by atomic mass is 19.4. The maximum absolute atomic E-state index is 12.4. The second-order valence-corrected chi connectivity index (χ2v) is 11.4. The van der Waals surface area contributed by atoms with Crippen molar-refractivity contribution in [3.05, 3.63) is 17.6 Å². The van der Waals surface area contributed by atoms with Crippen LogP contribution in [0.15, 0.2) is 6.07 Å². The van der Waals surface area contributed by atoms with Crippen LogP contribution in [0, 0.1) is 5.92 Å². The second-order valence-electron chi connectivity index (χ2n) is 11.4. The van der Waals surface area contributed by atoms with Crippen LogP contribution >= 0.6 is 0 Å². The minimum atomic E-state index is -4.64. The first-order valence-electron chi connectivity index (χ1n) is 13.2. The molecule has 0 bridgehead atoms. The van der Waals surface area contributed by atoms with Crippen LogP contribution in [0.3, 0.4) is 0 Å². The number of nitrogens with one attached hydrogen (secondary N) is 1. The molecule has 0 radical (unpaired) electrons. The molecule has 2 aliphatic rings. The Hall–Kier alpha value is -1.94. The summed E-state index contributed by atoms with van der Waals surface area (Å²) in [5, 5.41) is 3.05. The number of hydrogen-bond donors (Lipinski definition) is 1. The van der Waals surface area contributed by atoms with Crippen LogP contribution in [0.25, 0.3) is 0 Å². The molecule has 0 spiro atoms. The molecule has 2 heterocycles. The summed E-state index contributed by atoms with van der Waals surface area (Å²) >= 11 is 0. The maximum Gasteiger partial charge on any atom is 0.522 e. The van der Waals surface area contributed by atoms with Crippen LogP contribution in [-0.4, -0.2) is 72.0 Å². The average molecular weight is 514 g/mol. The lowest BCUT2D eigenvalue weighted by atomic mass is 9.84. The van der Waals surface area contributed by atoms with Gasteiger partial charge in [0.1, 0.15) is 11.6 Å². The second kappa shape index (κ2) is 12.1. The molecule has 36 heavy (non-hydrogen) atoms. The molecule has 1 aliphatic heterocycles. The smallest absolute Gasteiger partial charge is 0.354 e. The van der Waals surface area contributed by atoms with Gasteiger partial charge in [0.25, 0.3) is 0 Å². The molecular formula is C26H42F3N5O2. The van der Waals surface area contributed by atoms with Crippen LogP contribution < -0.4 is 10.2 Å². The Morgan fingerprint density at radius 1 is 1.14 bits per heavy atom. The summed E-state index contributed by atoms with van der Waals surface area (Å²) < 4.78 is 41.3. The monoisotopic (exact) mass is 513 g/mol. The number of ether oxygens (including phenoxy) is 1. The largest absolute Gasteiger partial charge is 0.522 e. The molecule has 0 aromatic carbocycles. The first-order chi connectivity index (χ1) is 16.8. The molecular weight excluding hydrogens is 471 g/mol. The molecule has 204 valence electrons. The van der Waals surface area contributed by atoms with Gasteiger partial charge in [0, 0.05) is 62.2 Å². The zero-order valence-corrected chi connectivity index (χ0v) is 22.3. The van der Waals surface area contributed by atoms with E-state index in [0.29, 0.717) is 23.5 Å². The number of carbonyl (C=O) groups is 1. The van der Waals surface area contributed by atoms with Gasteiger partial charge in [-0.15, -0.1) is 13.2 Å². The number of halogens is 3. The molecule has 10 heteroatoms. The highest BCUT2D eigenvalue weighted by Crippen LogP contribution is 2.29. The van der Waals surface area contributed by atoms with Crippen molar-refractivity contribution in [1.29, 1.82) is 0 Å². The fourth-order valence-corrected chi connectivity index (χ4v) is 5.19. The van der Waals surface area contributed by atoms with E-state index in [1.807, 2.05) is 26.8 Å². The molecule has 1 unspecified atom stereocenters. The van der Waals surface area contributed by atoms with E-state index in [1.54, 1.807) is 6.92 Å². The fraction of sp³-hybridized carbons (Fsp3) is 0.808. The van der Waals surface area contributed by atoms with Crippen LogP contribution in [0.2, 0.25) is 0 Å². The van der Waals surface area contributed by atoms with Gasteiger partial charge >= 0.3 is 6.36 Å². The summed E-state index contributed by atoms with van der Waals surface area (Å²) in [6.07, 6.45) is 1.07. The quantitative estimate of drug-likeness (QED) is 0.554. The standard InChI is InChI=1S/C26H42F3N5O2/c1-18-17-33(12-10-20-6-8-21(9-7-20)30-19(2)35)13-14-34(18)23-16-22(11-15-36-26(27,28)29)31-24(32-23)25(3,4)5/h16,18,20-21H,6-15,17H2,1-5H3,(H,30,35). The van der Waals surface area contributed by atoms with E-state index in [-0.39, 0.29) is 23.8 Å². The predicted molar refractivity (Wildman–Crippen MR) is 134 cm³/mol. The lowest BCUT2D eigenvalue weighted by Crippen LogP contribution is -2.52. The number of piperazine rings is 1. The molecule has 1 aliphatic carbocycles. The molecule has 1 saturated carbocycles. The van der Waals surface area contributed by atoms with E-state index < -0.39 is 13.0 Å². The summed E-state index contributed by atoms with van der Waals surface area (Å²) in [6.45, 7) is 13.0. The van der Waals surface area contributed by atoms with Gasteiger partial charge in [0.15, 0.2) is 0 Å². The Kier molecular flexibility index (Phi) is 9.60. The third-order valence-corrected chi connectivity index (χ3v) is 7.17. The molecule has 3 rings (SSSR count). The number of amides is 1. The SMILES string of the molecule is CC(=O)NC1CCC(CCN2CCN(c3cc(CCOC(F)(F)F)nc(C(C)(C)C)n3)C(C)C2)CC1. The van der Waals surface area contributed by atoms with E-state index in [0.717, 1.165) is 57.7 Å². The first kappa shape index (κ1) is 28.6. The van der Waals surface area contributed by atoms with Gasteiger partial charge < -0.3 is 10.2 Å². The summed E-state index contributed by atoms with van der Waals surface area (Å²) in [6, 6.07) is 2.38. The van der Waals surface area contributed by atoms with Gasteiger partial charge in [-0.3, -0.25) is 14.4 Å². The third-order valence-electron chi connectivity index (χ3n) is 7.17. The zero-order chi connectivity index (χ0) is 26.5. The van der Waals surface area contributed by atoms with E-state index >= 15 is 0 Å². The molecule has 1 saturated heterocycles. The molecule has 1 aromatic heterocycles. The van der Waals surface area contributed by atoms with E-state index in [1.165, 1.54) is 6.42 Å². The first-order valence-corrected chi connectivity index (χ1v) is 13.2. The Balaban J connectivity index is 1.56. The number of hydrogen-bond acceptors (Lipinski definition) is 6. The number of aromatic nitrogens is 2. The van der Waals surface area contributed by atoms with Crippen molar-refractivity contribution in [2.45, 2.75) is 97.0 Å². The molecule has 1 amide bonds. The topological polar surface area (TPSA) is 70.6 Å². The molecule has 1 aromatic rings. The van der Waals surface area contributed by atoms with Crippen molar-refractivity contribution in [1.82, 2.24) is 20.2 Å². The number of rotatable bonds is 8. The molecule has 2 fully saturated rings. The van der Waals surface area contributed by atoms with Gasteiger partial charge in [-0.2, -0.15) is 0 Å². The number of nitrogens with zero attached hydrogens (tertiary/aromatic N) is 4. The number of carbonyl (C=O) groups excluding carboxylic acids is 1. The van der Waals surface area contributed by atoms with Crippen molar-refractivity contribution in [2.24, 2.45) is 5.92 Å². The van der Waals surface area contributed by atoms with Crippen molar-refractivity contribution in [3.8, 4) is 0 Å². The van der Waals surface area contributed by atoms with Crippen molar-refractivity contribution >= 4 is 11.7 Å². The lowest BCUT2D eigenvalue weighted by molar-refractivity contribution is -0.324. The average Bonchev–Trinajstić information content (AvgIpc) is 2.76. The Morgan fingerprint density at radius 2 is 1.83 bits per heavy atom. The Labute approximate surface area is 213 Å². The van der Waals surface area contributed by atoms with Crippen molar-refractivity contribution in [3.63, 3.8) is 0 Å². The van der Waals surface area contributed by atoms with Crippen LogP contribution in [0.1, 0.15) is 78.2 Å². The lowest BCUT2D eigenvalue weighted by Gasteiger charge is -2.41. The number of alkyl halides is 3. The summed E-state index contributed by atoms with van der Waals surface area (Å²) in [7, 11) is 0. The van der Waals surface area contributed by atoms with Crippen LogP contribution in [0.5, 0.6) is 0 Å². The van der Waals surface area contributed by atoms with Crippen LogP contribution in [-0.2, 0) is 21.4 Å². The maximum atomic E-state index is 12.4. The Bertz CT molecular complexity index is 866. The zero-order valence-electron chi connectivity index (χ0n) is 22.3. The van der Waals surface area contributed by atoms with Crippen LogP contribution in [0.4, 0.5) is 19.0 Å². The Morgan fingerprint density at radius 3 is 2.42 bits per heavy atom. The van der Waals surface area contributed by atoms with Gasteiger partial charge in [-0.1, -0.05) is 20.8 Å². The van der Waals surface area contributed by atoms with Gasteiger partial charge in [-0.05, 0) is 51.5 Å². The van der Waals surface area contributed by atoms with Gasteiger partial charge in [-0.25, -0.2) is 9.97 Å². The summed E-state index contributed by atoms with van der Waals surface area (Å²) in [5.74, 6) is 2.18. The molecule has 7 nitrogen and oxygen atoms in total. The highest BCUT2D eigenvalue weighted by Gasteiger charge is 2.30.